The molecule has 1 aromatic carbocycles. The number of hydrogen-bond acceptors (Lipinski definition) is 5. The van der Waals surface area contributed by atoms with Crippen LogP contribution in [-0.2, 0) is 11.3 Å². The quantitative estimate of drug-likeness (QED) is 0.786. The molecular weight excluding hydrogens is 330 g/mol. The molecule has 3 rings (SSSR count). The lowest BCUT2D eigenvalue weighted by molar-refractivity contribution is -0.0505. The Morgan fingerprint density at radius 2 is 2.24 bits per heavy atom. The van der Waals surface area contributed by atoms with Gasteiger partial charge in [-0.05, 0) is 37.0 Å². The third kappa shape index (κ3) is 4.80. The van der Waals surface area contributed by atoms with Crippen LogP contribution in [0, 0.1) is 5.92 Å². The molecule has 1 saturated carbocycles. The molecule has 1 aliphatic carbocycles. The molecule has 25 heavy (non-hydrogen) atoms. The second kappa shape index (κ2) is 8.78. The maximum atomic E-state index is 12.6. The van der Waals surface area contributed by atoms with Crippen molar-refractivity contribution in [3.63, 3.8) is 0 Å². The van der Waals surface area contributed by atoms with Crippen LogP contribution in [-0.4, -0.2) is 45.6 Å². The molecule has 0 bridgehead atoms. The highest BCUT2D eigenvalue weighted by atomic mass is 19.3. The summed E-state index contributed by atoms with van der Waals surface area (Å²) in [6.07, 6.45) is 3.40. The SMILES string of the molecule is COc1ccc(OC(F)F)c(CNC2CCCC2C2COCCN2)c1. The van der Waals surface area contributed by atoms with Gasteiger partial charge in [0.05, 0.1) is 20.3 Å². The van der Waals surface area contributed by atoms with Gasteiger partial charge in [-0.2, -0.15) is 8.78 Å². The summed E-state index contributed by atoms with van der Waals surface area (Å²) in [6, 6.07) is 5.60. The molecule has 2 aliphatic rings. The minimum absolute atomic E-state index is 0.192. The summed E-state index contributed by atoms with van der Waals surface area (Å²) in [4.78, 5) is 0. The topological polar surface area (TPSA) is 51.8 Å². The van der Waals surface area contributed by atoms with Crippen molar-refractivity contribution in [3.8, 4) is 11.5 Å². The van der Waals surface area contributed by atoms with E-state index in [1.165, 1.54) is 12.5 Å². The van der Waals surface area contributed by atoms with Crippen LogP contribution in [0.4, 0.5) is 8.78 Å². The van der Waals surface area contributed by atoms with E-state index in [-0.39, 0.29) is 5.75 Å². The first-order valence-electron chi connectivity index (χ1n) is 8.83. The first kappa shape index (κ1) is 18.4. The van der Waals surface area contributed by atoms with E-state index in [0.717, 1.165) is 32.6 Å². The average molecular weight is 356 g/mol. The van der Waals surface area contributed by atoms with Gasteiger partial charge >= 0.3 is 6.61 Å². The minimum Gasteiger partial charge on any atom is -0.497 e. The first-order valence-corrected chi connectivity index (χ1v) is 8.83. The molecule has 140 valence electrons. The Labute approximate surface area is 147 Å². The standard InChI is InChI=1S/C18H26F2N2O3/c1-23-13-5-6-17(25-18(19)20)12(9-13)10-22-15-4-2-3-14(15)16-11-24-8-7-21-16/h5-6,9,14-16,18,21-22H,2-4,7-8,10-11H2,1H3. The van der Waals surface area contributed by atoms with Crippen LogP contribution in [0.1, 0.15) is 24.8 Å². The van der Waals surface area contributed by atoms with Crippen LogP contribution in [0.15, 0.2) is 18.2 Å². The monoisotopic (exact) mass is 356 g/mol. The molecule has 5 nitrogen and oxygen atoms in total. The van der Waals surface area contributed by atoms with Crippen LogP contribution >= 0.6 is 0 Å². The zero-order valence-corrected chi connectivity index (χ0v) is 14.5. The van der Waals surface area contributed by atoms with Crippen LogP contribution in [0.5, 0.6) is 11.5 Å². The molecule has 1 aromatic rings. The van der Waals surface area contributed by atoms with Crippen LogP contribution in [0.3, 0.4) is 0 Å². The zero-order valence-electron chi connectivity index (χ0n) is 14.5. The summed E-state index contributed by atoms with van der Waals surface area (Å²) in [5.74, 6) is 1.31. The number of rotatable bonds is 7. The maximum Gasteiger partial charge on any atom is 0.387 e. The molecule has 0 spiro atoms. The number of morpholine rings is 1. The minimum atomic E-state index is -2.84. The molecule has 7 heteroatoms. The first-order chi connectivity index (χ1) is 12.2. The van der Waals surface area contributed by atoms with E-state index in [9.17, 15) is 8.78 Å². The molecule has 1 heterocycles. The Bertz CT molecular complexity index is 553. The fourth-order valence-corrected chi connectivity index (χ4v) is 3.86. The van der Waals surface area contributed by atoms with Gasteiger partial charge < -0.3 is 24.8 Å². The Balaban J connectivity index is 1.65. The van der Waals surface area contributed by atoms with Gasteiger partial charge in [-0.15, -0.1) is 0 Å². The van der Waals surface area contributed by atoms with Crippen molar-refractivity contribution in [3.05, 3.63) is 23.8 Å². The van der Waals surface area contributed by atoms with E-state index in [1.807, 2.05) is 0 Å². The van der Waals surface area contributed by atoms with Gasteiger partial charge in [-0.3, -0.25) is 0 Å². The van der Waals surface area contributed by atoms with Crippen molar-refractivity contribution in [2.75, 3.05) is 26.9 Å². The molecular formula is C18H26F2N2O3. The Morgan fingerprint density at radius 1 is 1.36 bits per heavy atom. The van der Waals surface area contributed by atoms with Crippen molar-refractivity contribution in [1.29, 1.82) is 0 Å². The average Bonchev–Trinajstić information content (AvgIpc) is 3.09. The van der Waals surface area contributed by atoms with Crippen LogP contribution in [0.2, 0.25) is 0 Å². The molecule has 3 unspecified atom stereocenters. The van der Waals surface area contributed by atoms with Gasteiger partial charge in [0, 0.05) is 30.7 Å². The van der Waals surface area contributed by atoms with Gasteiger partial charge in [0.15, 0.2) is 0 Å². The Hall–Kier alpha value is -1.44. The van der Waals surface area contributed by atoms with Crippen LogP contribution in [0.25, 0.3) is 0 Å². The van der Waals surface area contributed by atoms with Gasteiger partial charge in [-0.25, -0.2) is 0 Å². The molecule has 3 atom stereocenters. The van der Waals surface area contributed by atoms with Crippen molar-refractivity contribution in [1.82, 2.24) is 10.6 Å². The van der Waals surface area contributed by atoms with Crippen molar-refractivity contribution in [2.24, 2.45) is 5.92 Å². The highest BCUT2D eigenvalue weighted by Crippen LogP contribution is 2.31. The molecule has 0 aromatic heterocycles. The van der Waals surface area contributed by atoms with E-state index in [0.29, 0.717) is 35.9 Å². The molecule has 0 amide bonds. The van der Waals surface area contributed by atoms with E-state index in [4.69, 9.17) is 9.47 Å². The third-order valence-corrected chi connectivity index (χ3v) is 5.07. The number of alkyl halides is 2. The Morgan fingerprint density at radius 3 is 2.96 bits per heavy atom. The molecule has 1 aliphatic heterocycles. The summed E-state index contributed by atoms with van der Waals surface area (Å²) in [5.41, 5.74) is 0.679. The number of nitrogens with one attached hydrogen (secondary N) is 2. The largest absolute Gasteiger partial charge is 0.497 e. The number of ether oxygens (including phenoxy) is 3. The smallest absolute Gasteiger partial charge is 0.387 e. The fraction of sp³-hybridized carbons (Fsp3) is 0.667. The number of methoxy groups -OCH3 is 1. The highest BCUT2D eigenvalue weighted by molar-refractivity contribution is 5.40. The summed E-state index contributed by atoms with van der Waals surface area (Å²) >= 11 is 0. The molecule has 1 saturated heterocycles. The number of benzene rings is 1. The lowest BCUT2D eigenvalue weighted by Crippen LogP contribution is -2.50. The van der Waals surface area contributed by atoms with Gasteiger partial charge in [0.25, 0.3) is 0 Å². The van der Waals surface area contributed by atoms with Crippen molar-refractivity contribution < 1.29 is 23.0 Å². The number of hydrogen-bond donors (Lipinski definition) is 2. The summed E-state index contributed by atoms with van der Waals surface area (Å²) < 4.78 is 40.7. The lowest BCUT2D eigenvalue weighted by Gasteiger charge is -2.33. The van der Waals surface area contributed by atoms with E-state index < -0.39 is 6.61 Å². The Kier molecular flexibility index (Phi) is 6.45. The molecule has 0 radical (unpaired) electrons. The second-order valence-corrected chi connectivity index (χ2v) is 6.57. The highest BCUT2D eigenvalue weighted by Gasteiger charge is 2.34. The number of halogens is 2. The summed E-state index contributed by atoms with van der Waals surface area (Å²) in [7, 11) is 1.56. The molecule has 2 fully saturated rings. The second-order valence-electron chi connectivity index (χ2n) is 6.57. The van der Waals surface area contributed by atoms with Crippen molar-refractivity contribution >= 4 is 0 Å². The van der Waals surface area contributed by atoms with E-state index in [2.05, 4.69) is 15.4 Å². The summed E-state index contributed by atoms with van der Waals surface area (Å²) in [6.45, 7) is 0.0145. The van der Waals surface area contributed by atoms with Gasteiger partial charge in [-0.1, -0.05) is 6.42 Å². The maximum absolute atomic E-state index is 12.6. The van der Waals surface area contributed by atoms with Gasteiger partial charge in [0.2, 0.25) is 0 Å². The lowest BCUT2D eigenvalue weighted by atomic mass is 9.94. The third-order valence-electron chi connectivity index (χ3n) is 5.07. The van der Waals surface area contributed by atoms with Gasteiger partial charge in [0.1, 0.15) is 11.5 Å². The summed E-state index contributed by atoms with van der Waals surface area (Å²) in [5, 5.41) is 7.07. The van der Waals surface area contributed by atoms with Crippen molar-refractivity contribution in [2.45, 2.75) is 44.5 Å². The predicted octanol–water partition coefficient (Wildman–Crippen LogP) is 2.54. The van der Waals surface area contributed by atoms with Crippen LogP contribution < -0.4 is 20.1 Å². The molecule has 2 N–H and O–H groups in total. The normalized spacial score (nSPS) is 26.8. The zero-order chi connectivity index (χ0) is 17.6. The van der Waals surface area contributed by atoms with E-state index in [1.54, 1.807) is 19.2 Å². The predicted molar refractivity (Wildman–Crippen MR) is 90.2 cm³/mol. The van der Waals surface area contributed by atoms with E-state index >= 15 is 0 Å². The fourth-order valence-electron chi connectivity index (χ4n) is 3.86.